The number of nitrogens with zero attached hydrogens (tertiary/aromatic N) is 4. The van der Waals surface area contributed by atoms with Gasteiger partial charge >= 0.3 is 0 Å². The lowest BCUT2D eigenvalue weighted by Crippen LogP contribution is -2.39. The molecule has 0 saturated carbocycles. The zero-order valence-electron chi connectivity index (χ0n) is 16.5. The van der Waals surface area contributed by atoms with Gasteiger partial charge in [-0.1, -0.05) is 6.07 Å². The summed E-state index contributed by atoms with van der Waals surface area (Å²) in [5.41, 5.74) is 1.14. The standard InChI is InChI=1S/C19H28N6O3/c1-26-16-4-3-15(13-17(16)27-2)5-6-21-19-23-18(14-22-24-19)20-7-8-25-9-11-28-12-10-25/h3-4,13-14H,5-12H2,1-2H3,(H2,20,21,23,24). The van der Waals surface area contributed by atoms with Crippen LogP contribution in [-0.4, -0.2) is 80.2 Å². The molecular formula is C19H28N6O3. The highest BCUT2D eigenvalue weighted by Gasteiger charge is 2.09. The fourth-order valence-electron chi connectivity index (χ4n) is 2.99. The molecule has 1 fully saturated rings. The molecule has 0 atom stereocenters. The van der Waals surface area contributed by atoms with Gasteiger partial charge in [0.2, 0.25) is 5.95 Å². The Labute approximate surface area is 165 Å². The Bertz CT molecular complexity index is 739. The Hall–Kier alpha value is -2.65. The molecule has 0 bridgehead atoms. The molecule has 152 valence electrons. The number of rotatable bonds is 10. The molecule has 1 aliphatic heterocycles. The van der Waals surface area contributed by atoms with Crippen LogP contribution in [0.2, 0.25) is 0 Å². The maximum Gasteiger partial charge on any atom is 0.244 e. The van der Waals surface area contributed by atoms with E-state index in [1.807, 2.05) is 18.2 Å². The van der Waals surface area contributed by atoms with Gasteiger partial charge in [-0.2, -0.15) is 10.1 Å². The van der Waals surface area contributed by atoms with Crippen LogP contribution in [0, 0.1) is 0 Å². The Morgan fingerprint density at radius 3 is 2.68 bits per heavy atom. The van der Waals surface area contributed by atoms with E-state index in [2.05, 4.69) is 30.7 Å². The van der Waals surface area contributed by atoms with Crippen LogP contribution in [0.4, 0.5) is 11.8 Å². The van der Waals surface area contributed by atoms with Crippen LogP contribution in [0.3, 0.4) is 0 Å². The van der Waals surface area contributed by atoms with Crippen LogP contribution < -0.4 is 20.1 Å². The number of aromatic nitrogens is 3. The molecule has 2 aromatic rings. The lowest BCUT2D eigenvalue weighted by atomic mass is 10.1. The second kappa shape index (κ2) is 10.6. The largest absolute Gasteiger partial charge is 0.493 e. The molecule has 28 heavy (non-hydrogen) atoms. The summed E-state index contributed by atoms with van der Waals surface area (Å²) < 4.78 is 16.0. The fraction of sp³-hybridized carbons (Fsp3) is 0.526. The van der Waals surface area contributed by atoms with Crippen molar-refractivity contribution in [3.63, 3.8) is 0 Å². The van der Waals surface area contributed by atoms with Crippen molar-refractivity contribution < 1.29 is 14.2 Å². The van der Waals surface area contributed by atoms with Crippen molar-refractivity contribution in [2.45, 2.75) is 6.42 Å². The maximum absolute atomic E-state index is 5.36. The van der Waals surface area contributed by atoms with E-state index in [1.165, 1.54) is 0 Å². The van der Waals surface area contributed by atoms with Crippen molar-refractivity contribution in [2.75, 3.05) is 70.8 Å². The van der Waals surface area contributed by atoms with Gasteiger partial charge in [-0.15, -0.1) is 5.10 Å². The number of benzene rings is 1. The van der Waals surface area contributed by atoms with Gasteiger partial charge in [0.05, 0.1) is 33.6 Å². The number of hydrogen-bond acceptors (Lipinski definition) is 9. The van der Waals surface area contributed by atoms with E-state index in [1.54, 1.807) is 20.4 Å². The monoisotopic (exact) mass is 388 g/mol. The van der Waals surface area contributed by atoms with E-state index in [0.717, 1.165) is 68.7 Å². The fourth-order valence-corrected chi connectivity index (χ4v) is 2.99. The molecule has 0 spiro atoms. The highest BCUT2D eigenvalue weighted by atomic mass is 16.5. The minimum absolute atomic E-state index is 0.511. The van der Waals surface area contributed by atoms with Gasteiger partial charge in [0.15, 0.2) is 17.3 Å². The van der Waals surface area contributed by atoms with Gasteiger partial charge in [-0.05, 0) is 24.1 Å². The third-order valence-electron chi connectivity index (χ3n) is 4.54. The summed E-state index contributed by atoms with van der Waals surface area (Å²) in [6.07, 6.45) is 2.44. The maximum atomic E-state index is 5.36. The zero-order chi connectivity index (χ0) is 19.6. The Morgan fingerprint density at radius 2 is 1.89 bits per heavy atom. The van der Waals surface area contributed by atoms with Crippen LogP contribution >= 0.6 is 0 Å². The first kappa shape index (κ1) is 20.1. The van der Waals surface area contributed by atoms with Gasteiger partial charge in [-0.3, -0.25) is 4.90 Å². The second-order valence-corrected chi connectivity index (χ2v) is 6.41. The summed E-state index contributed by atoms with van der Waals surface area (Å²) in [5.74, 6) is 2.68. The molecule has 0 aliphatic carbocycles. The van der Waals surface area contributed by atoms with Crippen molar-refractivity contribution in [2.24, 2.45) is 0 Å². The molecular weight excluding hydrogens is 360 g/mol. The summed E-state index contributed by atoms with van der Waals surface area (Å²) in [4.78, 5) is 6.83. The number of nitrogens with one attached hydrogen (secondary N) is 2. The van der Waals surface area contributed by atoms with Crippen LogP contribution in [-0.2, 0) is 11.2 Å². The molecule has 1 aromatic heterocycles. The molecule has 9 nitrogen and oxygen atoms in total. The van der Waals surface area contributed by atoms with Crippen LogP contribution in [0.1, 0.15) is 5.56 Å². The van der Waals surface area contributed by atoms with Gasteiger partial charge in [-0.25, -0.2) is 0 Å². The molecule has 0 radical (unpaired) electrons. The molecule has 0 unspecified atom stereocenters. The molecule has 2 N–H and O–H groups in total. The number of anilines is 2. The van der Waals surface area contributed by atoms with Crippen LogP contribution in [0.5, 0.6) is 11.5 Å². The lowest BCUT2D eigenvalue weighted by Gasteiger charge is -2.26. The summed E-state index contributed by atoms with van der Waals surface area (Å²) in [5, 5.41) is 14.6. The number of morpholine rings is 1. The molecule has 1 aliphatic rings. The number of ether oxygens (including phenoxy) is 3. The van der Waals surface area contributed by atoms with Gasteiger partial charge < -0.3 is 24.8 Å². The van der Waals surface area contributed by atoms with Crippen molar-refractivity contribution >= 4 is 11.8 Å². The summed E-state index contributed by atoms with van der Waals surface area (Å²) in [6, 6.07) is 5.90. The second-order valence-electron chi connectivity index (χ2n) is 6.41. The normalized spacial score (nSPS) is 14.5. The first-order valence-electron chi connectivity index (χ1n) is 9.47. The van der Waals surface area contributed by atoms with Gasteiger partial charge in [0.1, 0.15) is 0 Å². The predicted molar refractivity (Wildman–Crippen MR) is 107 cm³/mol. The summed E-state index contributed by atoms with van der Waals surface area (Å²) in [6.45, 7) is 6.03. The van der Waals surface area contributed by atoms with Crippen LogP contribution in [0.15, 0.2) is 24.4 Å². The van der Waals surface area contributed by atoms with Crippen LogP contribution in [0.25, 0.3) is 0 Å². The molecule has 1 saturated heterocycles. The molecule has 9 heteroatoms. The first-order chi connectivity index (χ1) is 13.8. The average molecular weight is 388 g/mol. The SMILES string of the molecule is COc1ccc(CCNc2nncc(NCCN3CCOCC3)n2)cc1OC. The molecule has 0 amide bonds. The quantitative estimate of drug-likeness (QED) is 0.624. The molecule has 3 rings (SSSR count). The molecule has 2 heterocycles. The van der Waals surface area contributed by atoms with Gasteiger partial charge in [0.25, 0.3) is 0 Å². The van der Waals surface area contributed by atoms with E-state index >= 15 is 0 Å². The van der Waals surface area contributed by atoms with E-state index in [9.17, 15) is 0 Å². The predicted octanol–water partition coefficient (Wildman–Crippen LogP) is 1.29. The minimum Gasteiger partial charge on any atom is -0.493 e. The third-order valence-corrected chi connectivity index (χ3v) is 4.54. The number of hydrogen-bond donors (Lipinski definition) is 2. The van der Waals surface area contributed by atoms with Crippen molar-refractivity contribution in [3.05, 3.63) is 30.0 Å². The Morgan fingerprint density at radius 1 is 1.07 bits per heavy atom. The zero-order valence-corrected chi connectivity index (χ0v) is 16.5. The number of methoxy groups -OCH3 is 2. The van der Waals surface area contributed by atoms with E-state index in [0.29, 0.717) is 12.5 Å². The third kappa shape index (κ3) is 5.93. The minimum atomic E-state index is 0.511. The lowest BCUT2D eigenvalue weighted by molar-refractivity contribution is 0.0398. The smallest absolute Gasteiger partial charge is 0.244 e. The van der Waals surface area contributed by atoms with E-state index in [-0.39, 0.29) is 0 Å². The Balaban J connectivity index is 1.44. The average Bonchev–Trinajstić information content (AvgIpc) is 2.75. The summed E-state index contributed by atoms with van der Waals surface area (Å²) >= 11 is 0. The molecule has 1 aromatic carbocycles. The first-order valence-corrected chi connectivity index (χ1v) is 9.47. The van der Waals surface area contributed by atoms with Crippen molar-refractivity contribution in [1.82, 2.24) is 20.1 Å². The van der Waals surface area contributed by atoms with Crippen molar-refractivity contribution in [3.8, 4) is 11.5 Å². The highest BCUT2D eigenvalue weighted by molar-refractivity contribution is 5.43. The van der Waals surface area contributed by atoms with Gasteiger partial charge in [0, 0.05) is 32.7 Å². The van der Waals surface area contributed by atoms with E-state index in [4.69, 9.17) is 14.2 Å². The highest BCUT2D eigenvalue weighted by Crippen LogP contribution is 2.27. The topological polar surface area (TPSA) is 93.7 Å². The van der Waals surface area contributed by atoms with E-state index < -0.39 is 0 Å². The Kier molecular flexibility index (Phi) is 7.62. The van der Waals surface area contributed by atoms with Crippen molar-refractivity contribution in [1.29, 1.82) is 0 Å². The summed E-state index contributed by atoms with van der Waals surface area (Å²) in [7, 11) is 3.27.